The van der Waals surface area contributed by atoms with Crippen LogP contribution in [0.5, 0.6) is 0 Å². The summed E-state index contributed by atoms with van der Waals surface area (Å²) >= 11 is 0. The lowest BCUT2D eigenvalue weighted by atomic mass is 9.70. The first-order valence-electron chi connectivity index (χ1n) is 16.3. The summed E-state index contributed by atoms with van der Waals surface area (Å²) in [6, 6.07) is 13.5. The minimum absolute atomic E-state index is 0.149. The highest BCUT2D eigenvalue weighted by Crippen LogP contribution is 2.48. The van der Waals surface area contributed by atoms with Gasteiger partial charge in [0, 0.05) is 19.5 Å². The second-order valence-corrected chi connectivity index (χ2v) is 13.8. The first-order chi connectivity index (χ1) is 21.4. The minimum atomic E-state index is -1.54. The van der Waals surface area contributed by atoms with Crippen LogP contribution in [0.1, 0.15) is 81.7 Å². The number of hydrogen-bond acceptors (Lipinski definition) is 8. The molecule has 1 saturated heterocycles. The van der Waals surface area contributed by atoms with E-state index in [-0.39, 0.29) is 11.8 Å². The van der Waals surface area contributed by atoms with Gasteiger partial charge < -0.3 is 40.7 Å². The Hall–Kier alpha value is -2.86. The number of ether oxygens (including phenoxy) is 1. The summed E-state index contributed by atoms with van der Waals surface area (Å²) in [6.45, 7) is 11.4. The molecule has 256 valence electrons. The average molecular weight is 642 g/mol. The number of likely N-dealkylation sites (N-methyl/N-ethyl adjacent to an activating group) is 1. The predicted molar refractivity (Wildman–Crippen MR) is 178 cm³/mol. The molecule has 2 aromatic carbocycles. The van der Waals surface area contributed by atoms with Crippen LogP contribution in [0.3, 0.4) is 0 Å². The summed E-state index contributed by atoms with van der Waals surface area (Å²) in [5.74, 6) is -0.341. The van der Waals surface area contributed by atoms with Crippen LogP contribution >= 0.6 is 0 Å². The summed E-state index contributed by atoms with van der Waals surface area (Å²) in [6.07, 6.45) is -1.77. The molecule has 0 bridgehead atoms. The third kappa shape index (κ3) is 8.53. The fraction of sp³-hybridized carbons (Fsp3) is 0.611. The molecular weight excluding hydrogens is 586 g/mol. The predicted octanol–water partition coefficient (Wildman–Crippen LogP) is 2.34. The minimum Gasteiger partial charge on any atom is -0.387 e. The third-order valence-corrected chi connectivity index (χ3v) is 9.58. The lowest BCUT2D eigenvalue weighted by Crippen LogP contribution is -2.73. The van der Waals surface area contributed by atoms with Gasteiger partial charge in [-0.2, -0.15) is 0 Å². The number of benzene rings is 2. The summed E-state index contributed by atoms with van der Waals surface area (Å²) in [4.78, 5) is 26.5. The maximum absolute atomic E-state index is 12.4. The molecular formula is C36H55N3O7. The number of nitrogens with one attached hydrogen (secondary N) is 2. The molecule has 3 rings (SSSR count). The van der Waals surface area contributed by atoms with Crippen LogP contribution in [-0.2, 0) is 32.8 Å². The second-order valence-electron chi connectivity index (χ2n) is 13.8. The van der Waals surface area contributed by atoms with Gasteiger partial charge in [0.15, 0.2) is 0 Å². The van der Waals surface area contributed by atoms with E-state index in [9.17, 15) is 30.0 Å². The van der Waals surface area contributed by atoms with Gasteiger partial charge in [0.25, 0.3) is 0 Å². The molecule has 0 aliphatic carbocycles. The molecule has 0 saturated carbocycles. The summed E-state index contributed by atoms with van der Waals surface area (Å²) < 4.78 is 6.47. The highest BCUT2D eigenvalue weighted by Gasteiger charge is 2.62. The van der Waals surface area contributed by atoms with Gasteiger partial charge in [-0.05, 0) is 102 Å². The fourth-order valence-corrected chi connectivity index (χ4v) is 6.03. The van der Waals surface area contributed by atoms with Crippen LogP contribution in [0.2, 0.25) is 0 Å². The molecule has 2 aromatic rings. The van der Waals surface area contributed by atoms with Gasteiger partial charge >= 0.3 is 0 Å². The number of rotatable bonds is 14. The lowest BCUT2D eigenvalue weighted by molar-refractivity contribution is -0.346. The summed E-state index contributed by atoms with van der Waals surface area (Å²) in [5.41, 5.74) is 0.550. The van der Waals surface area contributed by atoms with Crippen LogP contribution in [0.4, 0.5) is 0 Å². The molecule has 1 aliphatic rings. The first-order valence-corrected chi connectivity index (χ1v) is 16.3. The van der Waals surface area contributed by atoms with Crippen molar-refractivity contribution in [2.24, 2.45) is 0 Å². The number of carbonyl (C=O) groups is 2. The Bertz CT molecular complexity index is 1330. The lowest BCUT2D eigenvalue weighted by Gasteiger charge is -2.57. The van der Waals surface area contributed by atoms with Crippen molar-refractivity contribution >= 4 is 11.8 Å². The number of carbonyl (C=O) groups excluding carboxylic acids is 2. The molecule has 2 amide bonds. The van der Waals surface area contributed by atoms with Gasteiger partial charge in [0.05, 0.1) is 5.60 Å². The van der Waals surface area contributed by atoms with Gasteiger partial charge in [-0.3, -0.25) is 9.59 Å². The van der Waals surface area contributed by atoms with Gasteiger partial charge in [-0.25, -0.2) is 0 Å². The van der Waals surface area contributed by atoms with E-state index in [0.29, 0.717) is 37.8 Å². The second kappa shape index (κ2) is 15.4. The first kappa shape index (κ1) is 37.6. The molecule has 0 aromatic heterocycles. The molecule has 6 N–H and O–H groups in total. The van der Waals surface area contributed by atoms with E-state index >= 15 is 0 Å². The van der Waals surface area contributed by atoms with Gasteiger partial charge in [-0.15, -0.1) is 0 Å². The van der Waals surface area contributed by atoms with Crippen LogP contribution in [0, 0.1) is 6.92 Å². The quantitative estimate of drug-likeness (QED) is 0.184. The topological polar surface area (TPSA) is 152 Å². The van der Waals surface area contributed by atoms with Crippen molar-refractivity contribution in [3.05, 3.63) is 70.3 Å². The molecule has 6 atom stereocenters. The van der Waals surface area contributed by atoms with Crippen molar-refractivity contribution in [1.29, 1.82) is 0 Å². The molecule has 0 spiro atoms. The van der Waals surface area contributed by atoms with Gasteiger partial charge in [0.2, 0.25) is 11.8 Å². The number of amides is 2. The van der Waals surface area contributed by atoms with Crippen molar-refractivity contribution in [2.45, 2.75) is 115 Å². The molecule has 46 heavy (non-hydrogen) atoms. The van der Waals surface area contributed by atoms with Crippen LogP contribution in [-0.4, -0.2) is 99.9 Å². The van der Waals surface area contributed by atoms with Crippen LogP contribution < -0.4 is 10.6 Å². The number of aryl methyl sites for hydroxylation is 2. The SMILES string of the molecule is CC[C@@]1(c2ccc(C)c(Cc3ccc(CCCC(=O)N[C@H](C)C(=O)NCCN(C)C)cc3)c2)O[C@](C)(C(C)(C)O)[C@@H](O)[C@H](O)[C@H]1O. The largest absolute Gasteiger partial charge is 0.387 e. The zero-order valence-electron chi connectivity index (χ0n) is 28.8. The Morgan fingerprint density at radius 3 is 2.26 bits per heavy atom. The van der Waals surface area contributed by atoms with Gasteiger partial charge in [0.1, 0.15) is 35.6 Å². The molecule has 10 heteroatoms. The number of aliphatic hydroxyl groups is 4. The molecule has 1 heterocycles. The Labute approximate surface area is 274 Å². The fourth-order valence-electron chi connectivity index (χ4n) is 6.03. The normalized spacial score (nSPS) is 25.7. The molecule has 1 fully saturated rings. The van der Waals surface area contributed by atoms with E-state index < -0.39 is 41.2 Å². The van der Waals surface area contributed by atoms with Crippen molar-refractivity contribution in [3.8, 4) is 0 Å². The van der Waals surface area contributed by atoms with E-state index in [1.165, 1.54) is 13.8 Å². The Morgan fingerprint density at radius 1 is 1.04 bits per heavy atom. The van der Waals surface area contributed by atoms with Crippen molar-refractivity contribution < 1.29 is 34.8 Å². The maximum atomic E-state index is 12.4. The number of aliphatic hydroxyl groups excluding tert-OH is 3. The number of hydrogen-bond donors (Lipinski definition) is 6. The zero-order chi connectivity index (χ0) is 34.4. The summed E-state index contributed by atoms with van der Waals surface area (Å²) in [5, 5.41) is 49.5. The van der Waals surface area contributed by atoms with E-state index in [1.54, 1.807) is 13.8 Å². The summed E-state index contributed by atoms with van der Waals surface area (Å²) in [7, 11) is 3.87. The highest BCUT2D eigenvalue weighted by atomic mass is 16.6. The smallest absolute Gasteiger partial charge is 0.242 e. The van der Waals surface area contributed by atoms with Crippen LogP contribution in [0.15, 0.2) is 42.5 Å². The van der Waals surface area contributed by atoms with Crippen LogP contribution in [0.25, 0.3) is 0 Å². The van der Waals surface area contributed by atoms with E-state index in [4.69, 9.17) is 4.74 Å². The van der Waals surface area contributed by atoms with E-state index in [1.807, 2.05) is 51.0 Å². The maximum Gasteiger partial charge on any atom is 0.242 e. The Balaban J connectivity index is 1.65. The molecule has 10 nitrogen and oxygen atoms in total. The van der Waals surface area contributed by atoms with E-state index in [0.717, 1.165) is 35.2 Å². The molecule has 1 aliphatic heterocycles. The molecule has 0 unspecified atom stereocenters. The highest BCUT2D eigenvalue weighted by molar-refractivity contribution is 5.87. The monoisotopic (exact) mass is 641 g/mol. The van der Waals surface area contributed by atoms with Gasteiger partial charge in [-0.1, -0.05) is 49.4 Å². The van der Waals surface area contributed by atoms with Crippen molar-refractivity contribution in [1.82, 2.24) is 15.5 Å². The Kier molecular flexibility index (Phi) is 12.6. The third-order valence-electron chi connectivity index (χ3n) is 9.58. The van der Waals surface area contributed by atoms with Crippen molar-refractivity contribution in [3.63, 3.8) is 0 Å². The zero-order valence-corrected chi connectivity index (χ0v) is 28.8. The number of nitrogens with zero attached hydrogens (tertiary/aromatic N) is 1. The standard InChI is InChI=1S/C36H55N3O7/c1-9-36(32(43)30(41)31(42)35(6,46-36)34(4,5)45)28-18-13-23(2)27(22-28)21-26-16-14-25(15-17-26)11-10-12-29(40)38-24(3)33(44)37-19-20-39(7)8/h13-18,22,24,30-32,41-43,45H,9-12,19-21H2,1-8H3,(H,37,44)(H,38,40)/t24-,30+,31+,32-,35+,36+/m1/s1. The average Bonchev–Trinajstić information content (AvgIpc) is 2.99. The van der Waals surface area contributed by atoms with Crippen molar-refractivity contribution in [2.75, 3.05) is 27.2 Å². The molecule has 0 radical (unpaired) electrons. The van der Waals surface area contributed by atoms with E-state index in [2.05, 4.69) is 34.9 Å². The Morgan fingerprint density at radius 2 is 1.67 bits per heavy atom.